The molecule has 0 heterocycles. The van der Waals surface area contributed by atoms with E-state index in [9.17, 15) is 0 Å². The Bertz CT molecular complexity index is 437. The number of rotatable bonds is 4. The van der Waals surface area contributed by atoms with E-state index in [4.69, 9.17) is 0 Å². The van der Waals surface area contributed by atoms with Crippen LogP contribution in [0.3, 0.4) is 0 Å². The van der Waals surface area contributed by atoms with Crippen molar-refractivity contribution in [1.82, 2.24) is 4.72 Å². The summed E-state index contributed by atoms with van der Waals surface area (Å²) in [5, 5.41) is 5.91. The van der Waals surface area contributed by atoms with Gasteiger partial charge in [-0.25, -0.2) is 0 Å². The van der Waals surface area contributed by atoms with Crippen LogP contribution in [-0.2, 0) is 0 Å². The molecule has 0 aromatic heterocycles. The zero-order valence-electron chi connectivity index (χ0n) is 8.40. The van der Waals surface area contributed by atoms with Gasteiger partial charge >= 0.3 is 0 Å². The van der Waals surface area contributed by atoms with Gasteiger partial charge in [-0.3, -0.25) is 4.72 Å². The zero-order chi connectivity index (χ0) is 10.5. The van der Waals surface area contributed by atoms with Crippen molar-refractivity contribution in [3.05, 3.63) is 42.5 Å². The van der Waals surface area contributed by atoms with Gasteiger partial charge in [0.15, 0.2) is 0 Å². The van der Waals surface area contributed by atoms with Crippen LogP contribution in [0.2, 0.25) is 0 Å². The van der Waals surface area contributed by atoms with Gasteiger partial charge in [0.1, 0.15) is 0 Å². The van der Waals surface area contributed by atoms with Gasteiger partial charge in [0.25, 0.3) is 0 Å². The van der Waals surface area contributed by atoms with Gasteiger partial charge in [0.2, 0.25) is 0 Å². The molecule has 0 fully saturated rings. The lowest BCUT2D eigenvalue weighted by Crippen LogP contribution is -2.14. The fourth-order valence-electron chi connectivity index (χ4n) is 1.63. The lowest BCUT2D eigenvalue weighted by atomic mass is 10.1. The van der Waals surface area contributed by atoms with Crippen LogP contribution in [0, 0.1) is 0 Å². The monoisotopic (exact) mass is 218 g/mol. The third kappa shape index (κ3) is 2.43. The summed E-state index contributed by atoms with van der Waals surface area (Å²) in [7, 11) is 0. The summed E-state index contributed by atoms with van der Waals surface area (Å²) in [5.74, 6) is 0. The molecule has 0 saturated carbocycles. The first kappa shape index (κ1) is 10.3. The fraction of sp³-hybridized carbons (Fsp3) is 0.167. The maximum atomic E-state index is 3.95. The summed E-state index contributed by atoms with van der Waals surface area (Å²) in [4.78, 5) is 0. The number of hydrogen-bond acceptors (Lipinski definition) is 3. The molecule has 0 aliphatic rings. The summed E-state index contributed by atoms with van der Waals surface area (Å²) >= 11 is 3.95. The second kappa shape index (κ2) is 5.05. The average Bonchev–Trinajstić information content (AvgIpc) is 2.30. The molecule has 0 spiro atoms. The summed E-state index contributed by atoms with van der Waals surface area (Å²) in [6.45, 7) is 1.71. The van der Waals surface area contributed by atoms with E-state index < -0.39 is 0 Å². The number of anilines is 1. The highest BCUT2D eigenvalue weighted by Gasteiger charge is 1.97. The van der Waals surface area contributed by atoms with Crippen molar-refractivity contribution >= 4 is 29.3 Å². The quantitative estimate of drug-likeness (QED) is 0.543. The minimum atomic E-state index is 0.840. The predicted molar refractivity (Wildman–Crippen MR) is 69.4 cm³/mol. The van der Waals surface area contributed by atoms with Crippen LogP contribution in [0.1, 0.15) is 0 Å². The van der Waals surface area contributed by atoms with E-state index in [1.54, 1.807) is 0 Å². The van der Waals surface area contributed by atoms with Crippen molar-refractivity contribution in [2.45, 2.75) is 0 Å². The molecular weight excluding hydrogens is 204 g/mol. The van der Waals surface area contributed by atoms with Gasteiger partial charge < -0.3 is 5.32 Å². The number of benzene rings is 2. The van der Waals surface area contributed by atoms with Gasteiger partial charge in [0, 0.05) is 24.2 Å². The van der Waals surface area contributed by atoms with E-state index in [0.29, 0.717) is 0 Å². The van der Waals surface area contributed by atoms with Crippen LogP contribution in [-0.4, -0.2) is 13.1 Å². The topological polar surface area (TPSA) is 24.1 Å². The second-order valence-corrected chi connectivity index (χ2v) is 3.68. The van der Waals surface area contributed by atoms with E-state index in [1.807, 2.05) is 0 Å². The van der Waals surface area contributed by atoms with Crippen LogP contribution in [0.25, 0.3) is 10.8 Å². The summed E-state index contributed by atoms with van der Waals surface area (Å²) in [6.07, 6.45) is 0. The standard InChI is InChI=1S/C12H14N2S/c15-14-9-8-13-12-7-3-5-10-4-1-2-6-11(10)12/h1-7,13-15H,8-9H2. The molecule has 3 heteroatoms. The molecule has 0 amide bonds. The van der Waals surface area contributed by atoms with Crippen molar-refractivity contribution in [3.63, 3.8) is 0 Å². The van der Waals surface area contributed by atoms with E-state index in [1.165, 1.54) is 16.5 Å². The molecule has 0 saturated heterocycles. The molecule has 2 rings (SSSR count). The number of thiol groups is 1. The Morgan fingerprint density at radius 1 is 0.933 bits per heavy atom. The lowest BCUT2D eigenvalue weighted by Gasteiger charge is -2.08. The largest absolute Gasteiger partial charge is 0.383 e. The normalized spacial score (nSPS) is 10.5. The van der Waals surface area contributed by atoms with E-state index >= 15 is 0 Å². The SMILES string of the molecule is SNCCNc1cccc2ccccc12. The molecule has 0 unspecified atom stereocenters. The molecule has 0 aliphatic carbocycles. The molecule has 0 atom stereocenters. The Morgan fingerprint density at radius 2 is 1.73 bits per heavy atom. The first-order valence-corrected chi connectivity index (χ1v) is 5.45. The predicted octanol–water partition coefficient (Wildman–Crippen LogP) is 2.69. The van der Waals surface area contributed by atoms with Gasteiger partial charge in [-0.15, -0.1) is 0 Å². The number of nitrogens with one attached hydrogen (secondary N) is 2. The Balaban J connectivity index is 2.26. The van der Waals surface area contributed by atoms with Crippen LogP contribution in [0.4, 0.5) is 5.69 Å². The maximum absolute atomic E-state index is 3.95. The first-order chi connectivity index (χ1) is 7.42. The van der Waals surface area contributed by atoms with Crippen molar-refractivity contribution in [2.24, 2.45) is 0 Å². The number of fused-ring (bicyclic) bond motifs is 1. The molecule has 2 aromatic rings. The molecule has 0 bridgehead atoms. The summed E-state index contributed by atoms with van der Waals surface area (Å²) in [6, 6.07) is 14.7. The van der Waals surface area contributed by atoms with E-state index in [2.05, 4.69) is 65.3 Å². The average molecular weight is 218 g/mol. The minimum Gasteiger partial charge on any atom is -0.383 e. The Hall–Kier alpha value is -1.19. The van der Waals surface area contributed by atoms with Crippen molar-refractivity contribution in [1.29, 1.82) is 0 Å². The fourth-order valence-corrected chi connectivity index (χ4v) is 1.74. The van der Waals surface area contributed by atoms with E-state index in [-0.39, 0.29) is 0 Å². The lowest BCUT2D eigenvalue weighted by molar-refractivity contribution is 0.963. The minimum absolute atomic E-state index is 0.840. The van der Waals surface area contributed by atoms with Crippen molar-refractivity contribution < 1.29 is 0 Å². The van der Waals surface area contributed by atoms with E-state index in [0.717, 1.165) is 13.1 Å². The summed E-state index contributed by atoms with van der Waals surface area (Å²) < 4.78 is 2.82. The van der Waals surface area contributed by atoms with Gasteiger partial charge in [-0.1, -0.05) is 49.2 Å². The summed E-state index contributed by atoms with van der Waals surface area (Å²) in [5.41, 5.74) is 1.18. The third-order valence-corrected chi connectivity index (χ3v) is 2.57. The van der Waals surface area contributed by atoms with Crippen LogP contribution in [0.5, 0.6) is 0 Å². The van der Waals surface area contributed by atoms with Crippen molar-refractivity contribution in [3.8, 4) is 0 Å². The van der Waals surface area contributed by atoms with Gasteiger partial charge in [-0.2, -0.15) is 0 Å². The first-order valence-electron chi connectivity index (χ1n) is 5.00. The molecule has 78 valence electrons. The highest BCUT2D eigenvalue weighted by molar-refractivity contribution is 7.78. The highest BCUT2D eigenvalue weighted by atomic mass is 32.1. The van der Waals surface area contributed by atoms with Crippen molar-refractivity contribution in [2.75, 3.05) is 18.4 Å². The highest BCUT2D eigenvalue weighted by Crippen LogP contribution is 2.22. The third-order valence-electron chi connectivity index (χ3n) is 2.34. The molecule has 0 aliphatic heterocycles. The Labute approximate surface area is 95.2 Å². The Morgan fingerprint density at radius 3 is 2.60 bits per heavy atom. The smallest absolute Gasteiger partial charge is 0.0420 e. The molecule has 15 heavy (non-hydrogen) atoms. The molecule has 0 radical (unpaired) electrons. The maximum Gasteiger partial charge on any atom is 0.0420 e. The number of hydrogen-bond donors (Lipinski definition) is 3. The molecule has 2 N–H and O–H groups in total. The van der Waals surface area contributed by atoms with Crippen LogP contribution < -0.4 is 10.0 Å². The van der Waals surface area contributed by atoms with Gasteiger partial charge in [0.05, 0.1) is 0 Å². The molecule has 2 nitrogen and oxygen atoms in total. The van der Waals surface area contributed by atoms with Gasteiger partial charge in [-0.05, 0) is 11.5 Å². The molecular formula is C12H14N2S. The van der Waals surface area contributed by atoms with Crippen LogP contribution >= 0.6 is 12.8 Å². The molecule has 2 aromatic carbocycles. The van der Waals surface area contributed by atoms with Crippen LogP contribution in [0.15, 0.2) is 42.5 Å². The zero-order valence-corrected chi connectivity index (χ0v) is 9.30. The Kier molecular flexibility index (Phi) is 3.48. The second-order valence-electron chi connectivity index (χ2n) is 3.36.